The normalized spacial score (nSPS) is 13.3. The molecule has 1 heterocycles. The van der Waals surface area contributed by atoms with Crippen LogP contribution >= 0.6 is 0 Å². The fourth-order valence-corrected chi connectivity index (χ4v) is 3.48. The monoisotopic (exact) mass is 412 g/mol. The van der Waals surface area contributed by atoms with Crippen LogP contribution in [0.5, 0.6) is 11.5 Å². The third kappa shape index (κ3) is 5.39. The average molecular weight is 412 g/mol. The second kappa shape index (κ2) is 9.76. The van der Waals surface area contributed by atoms with Gasteiger partial charge in [0.1, 0.15) is 11.5 Å². The molecule has 5 nitrogen and oxygen atoms in total. The Morgan fingerprint density at radius 2 is 1.48 bits per heavy atom. The number of nitrogens with one attached hydrogen (secondary N) is 1. The number of rotatable bonds is 6. The summed E-state index contributed by atoms with van der Waals surface area (Å²) in [7, 11) is 0. The summed E-state index contributed by atoms with van der Waals surface area (Å²) in [5, 5.41) is 2.72. The van der Waals surface area contributed by atoms with Crippen LogP contribution in [0.2, 0.25) is 0 Å². The summed E-state index contributed by atoms with van der Waals surface area (Å²) < 4.78 is 5.73. The van der Waals surface area contributed by atoms with E-state index in [1.807, 2.05) is 48.5 Å². The third-order valence-corrected chi connectivity index (χ3v) is 5.20. The minimum absolute atomic E-state index is 0.0182. The van der Waals surface area contributed by atoms with Crippen LogP contribution in [-0.2, 0) is 4.79 Å². The number of carbonyl (C=O) groups is 2. The second-order valence-corrected chi connectivity index (χ2v) is 7.31. The first-order valence-corrected chi connectivity index (χ1v) is 10.3. The minimum Gasteiger partial charge on any atom is -0.457 e. The first kappa shape index (κ1) is 20.4. The highest BCUT2D eigenvalue weighted by molar-refractivity contribution is 5.96. The zero-order valence-corrected chi connectivity index (χ0v) is 17.2. The maximum absolute atomic E-state index is 12.5. The number of ether oxygens (including phenoxy) is 1. The van der Waals surface area contributed by atoms with Gasteiger partial charge in [-0.05, 0) is 54.0 Å². The fraction of sp³-hybridized carbons (Fsp3) is 0.154. The number of nitrogens with zero attached hydrogens (tertiary/aromatic N) is 1. The Bertz CT molecular complexity index is 1060. The average Bonchev–Trinajstić information content (AvgIpc) is 2.84. The Kier molecular flexibility index (Phi) is 6.43. The Morgan fingerprint density at radius 1 is 0.839 bits per heavy atom. The number of para-hydroxylation sites is 1. The smallest absolute Gasteiger partial charge is 0.251 e. The van der Waals surface area contributed by atoms with Crippen LogP contribution in [0.1, 0.15) is 22.3 Å². The van der Waals surface area contributed by atoms with E-state index in [0.717, 1.165) is 12.2 Å². The van der Waals surface area contributed by atoms with Crippen molar-refractivity contribution in [3.8, 4) is 11.5 Å². The SMILES string of the molecule is O=C(NCC(=O)N1CC=C(c2ccccc2)CC1)c1ccc(Oc2ccccc2)cc1. The van der Waals surface area contributed by atoms with Gasteiger partial charge in [-0.15, -0.1) is 0 Å². The van der Waals surface area contributed by atoms with Gasteiger partial charge < -0.3 is 15.0 Å². The summed E-state index contributed by atoms with van der Waals surface area (Å²) in [5.41, 5.74) is 2.94. The van der Waals surface area contributed by atoms with E-state index < -0.39 is 0 Å². The third-order valence-electron chi connectivity index (χ3n) is 5.20. The molecule has 0 bridgehead atoms. The molecule has 0 spiro atoms. The minimum atomic E-state index is -0.280. The van der Waals surface area contributed by atoms with Crippen molar-refractivity contribution >= 4 is 17.4 Å². The van der Waals surface area contributed by atoms with Crippen molar-refractivity contribution in [3.05, 3.63) is 102 Å². The lowest BCUT2D eigenvalue weighted by molar-refractivity contribution is -0.129. The number of carbonyl (C=O) groups excluding carboxylic acids is 2. The Balaban J connectivity index is 1.27. The molecule has 1 N–H and O–H groups in total. The predicted molar refractivity (Wildman–Crippen MR) is 121 cm³/mol. The molecule has 0 unspecified atom stereocenters. The van der Waals surface area contributed by atoms with Gasteiger partial charge in [-0.3, -0.25) is 9.59 Å². The molecule has 3 aromatic rings. The number of benzene rings is 3. The zero-order chi connectivity index (χ0) is 21.5. The highest BCUT2D eigenvalue weighted by Gasteiger charge is 2.18. The van der Waals surface area contributed by atoms with E-state index in [2.05, 4.69) is 23.5 Å². The molecule has 0 aromatic heterocycles. The summed E-state index contributed by atoms with van der Waals surface area (Å²) in [6.45, 7) is 1.20. The van der Waals surface area contributed by atoms with Crippen molar-refractivity contribution in [1.82, 2.24) is 10.2 Å². The predicted octanol–water partition coefficient (Wildman–Crippen LogP) is 4.52. The summed E-state index contributed by atoms with van der Waals surface area (Å²) >= 11 is 0. The molecule has 4 rings (SSSR count). The molecule has 0 saturated carbocycles. The van der Waals surface area contributed by atoms with Crippen LogP contribution in [0.15, 0.2) is 91.0 Å². The second-order valence-electron chi connectivity index (χ2n) is 7.31. The van der Waals surface area contributed by atoms with Gasteiger partial charge >= 0.3 is 0 Å². The standard InChI is InChI=1S/C26H24N2O3/c29-25(28-17-15-21(16-18-28)20-7-3-1-4-8-20)19-27-26(30)22-11-13-24(14-12-22)31-23-9-5-2-6-10-23/h1-15H,16-19H2,(H,27,30). The Morgan fingerprint density at radius 3 is 2.13 bits per heavy atom. The van der Waals surface area contributed by atoms with Gasteiger partial charge in [0.25, 0.3) is 5.91 Å². The Hall–Kier alpha value is -3.86. The van der Waals surface area contributed by atoms with Crippen molar-refractivity contribution in [1.29, 1.82) is 0 Å². The van der Waals surface area contributed by atoms with Crippen LogP contribution in [-0.4, -0.2) is 36.3 Å². The summed E-state index contributed by atoms with van der Waals surface area (Å²) in [6.07, 6.45) is 2.90. The molecule has 1 aliphatic heterocycles. The van der Waals surface area contributed by atoms with E-state index in [4.69, 9.17) is 4.74 Å². The zero-order valence-electron chi connectivity index (χ0n) is 17.2. The first-order valence-electron chi connectivity index (χ1n) is 10.3. The Labute approximate surface area is 182 Å². The van der Waals surface area contributed by atoms with Gasteiger partial charge in [-0.2, -0.15) is 0 Å². The van der Waals surface area contributed by atoms with Gasteiger partial charge in [0.2, 0.25) is 5.91 Å². The van der Waals surface area contributed by atoms with Crippen LogP contribution in [0.4, 0.5) is 0 Å². The molecular formula is C26H24N2O3. The van der Waals surface area contributed by atoms with Gasteiger partial charge in [-0.25, -0.2) is 0 Å². The molecule has 3 aromatic carbocycles. The quantitative estimate of drug-likeness (QED) is 0.647. The molecule has 31 heavy (non-hydrogen) atoms. The van der Waals surface area contributed by atoms with Gasteiger partial charge in [0, 0.05) is 18.7 Å². The highest BCUT2D eigenvalue weighted by Crippen LogP contribution is 2.22. The number of amides is 2. The molecule has 1 aliphatic rings. The summed E-state index contributed by atoms with van der Waals surface area (Å²) in [6, 6.07) is 26.5. The fourth-order valence-electron chi connectivity index (χ4n) is 3.48. The first-order chi connectivity index (χ1) is 15.2. The maximum atomic E-state index is 12.5. The molecule has 0 radical (unpaired) electrons. The van der Waals surface area contributed by atoms with E-state index in [9.17, 15) is 9.59 Å². The van der Waals surface area contributed by atoms with Crippen LogP contribution in [0.25, 0.3) is 5.57 Å². The summed E-state index contributed by atoms with van der Waals surface area (Å²) in [4.78, 5) is 26.7. The van der Waals surface area contributed by atoms with Gasteiger partial charge in [0.05, 0.1) is 6.54 Å². The van der Waals surface area contributed by atoms with E-state index >= 15 is 0 Å². The lowest BCUT2D eigenvalue weighted by Crippen LogP contribution is -2.42. The lowest BCUT2D eigenvalue weighted by atomic mass is 9.99. The number of hydrogen-bond acceptors (Lipinski definition) is 3. The molecule has 2 amide bonds. The molecular weight excluding hydrogens is 388 g/mol. The van der Waals surface area contributed by atoms with Crippen molar-refractivity contribution in [2.45, 2.75) is 6.42 Å². The molecule has 156 valence electrons. The number of hydrogen-bond donors (Lipinski definition) is 1. The largest absolute Gasteiger partial charge is 0.457 e. The maximum Gasteiger partial charge on any atom is 0.251 e. The van der Waals surface area contributed by atoms with Gasteiger partial charge in [0.15, 0.2) is 0 Å². The van der Waals surface area contributed by atoms with E-state index in [1.165, 1.54) is 11.1 Å². The molecule has 0 atom stereocenters. The van der Waals surface area contributed by atoms with Crippen LogP contribution in [0.3, 0.4) is 0 Å². The van der Waals surface area contributed by atoms with Crippen molar-refractivity contribution in [2.75, 3.05) is 19.6 Å². The van der Waals surface area contributed by atoms with E-state index in [1.54, 1.807) is 29.2 Å². The van der Waals surface area contributed by atoms with Crippen LogP contribution in [0, 0.1) is 0 Å². The molecule has 0 aliphatic carbocycles. The van der Waals surface area contributed by atoms with Crippen molar-refractivity contribution in [2.24, 2.45) is 0 Å². The highest BCUT2D eigenvalue weighted by atomic mass is 16.5. The summed E-state index contributed by atoms with van der Waals surface area (Å²) in [5.74, 6) is 1.02. The molecule has 0 saturated heterocycles. The van der Waals surface area contributed by atoms with Crippen molar-refractivity contribution < 1.29 is 14.3 Å². The lowest BCUT2D eigenvalue weighted by Gasteiger charge is -2.26. The van der Waals surface area contributed by atoms with Crippen molar-refractivity contribution in [3.63, 3.8) is 0 Å². The van der Waals surface area contributed by atoms with E-state index in [-0.39, 0.29) is 18.4 Å². The molecule has 0 fully saturated rings. The topological polar surface area (TPSA) is 58.6 Å². The van der Waals surface area contributed by atoms with Crippen LogP contribution < -0.4 is 10.1 Å². The van der Waals surface area contributed by atoms with E-state index in [0.29, 0.717) is 24.4 Å². The van der Waals surface area contributed by atoms with Gasteiger partial charge in [-0.1, -0.05) is 54.6 Å². The molecule has 5 heteroatoms.